The van der Waals surface area contributed by atoms with Gasteiger partial charge in [-0.15, -0.1) is 0 Å². The van der Waals surface area contributed by atoms with E-state index in [1.54, 1.807) is 12.4 Å². The molecule has 5 heteroatoms. The standard InChI is InChI=1S/C19H24N4O/c24-19(21-16-18-6-9-20-10-7-18)23-14-12-22(13-15-23)11-8-17-4-2-1-3-5-17/h1-7,9-10H,8,11-16H2,(H,21,24). The second-order valence-corrected chi connectivity index (χ2v) is 6.08. The molecule has 3 rings (SSSR count). The number of nitrogens with one attached hydrogen (secondary N) is 1. The lowest BCUT2D eigenvalue weighted by molar-refractivity contribution is 0.140. The Morgan fingerprint density at radius 3 is 2.38 bits per heavy atom. The van der Waals surface area contributed by atoms with Crippen LogP contribution in [0.25, 0.3) is 0 Å². The smallest absolute Gasteiger partial charge is 0.317 e. The summed E-state index contributed by atoms with van der Waals surface area (Å²) < 4.78 is 0. The molecule has 1 N–H and O–H groups in total. The molecule has 5 nitrogen and oxygen atoms in total. The molecule has 1 aliphatic heterocycles. The lowest BCUT2D eigenvalue weighted by Gasteiger charge is -2.34. The molecular formula is C19H24N4O. The summed E-state index contributed by atoms with van der Waals surface area (Å²) >= 11 is 0. The number of pyridine rings is 1. The van der Waals surface area contributed by atoms with Crippen LogP contribution in [-0.2, 0) is 13.0 Å². The van der Waals surface area contributed by atoms with Gasteiger partial charge in [0, 0.05) is 51.7 Å². The quantitative estimate of drug-likeness (QED) is 0.917. The van der Waals surface area contributed by atoms with E-state index in [4.69, 9.17) is 0 Å². The first-order valence-electron chi connectivity index (χ1n) is 8.49. The lowest BCUT2D eigenvalue weighted by atomic mass is 10.1. The predicted octanol–water partition coefficient (Wildman–Crippen LogP) is 2.15. The molecule has 0 radical (unpaired) electrons. The number of piperazine rings is 1. The molecular weight excluding hydrogens is 300 g/mol. The van der Waals surface area contributed by atoms with Gasteiger partial charge in [-0.25, -0.2) is 4.79 Å². The largest absolute Gasteiger partial charge is 0.334 e. The summed E-state index contributed by atoms with van der Waals surface area (Å²) in [6.07, 6.45) is 4.55. The maximum absolute atomic E-state index is 12.2. The zero-order valence-electron chi connectivity index (χ0n) is 13.9. The van der Waals surface area contributed by atoms with Crippen LogP contribution in [0.3, 0.4) is 0 Å². The number of amides is 2. The first-order valence-corrected chi connectivity index (χ1v) is 8.49. The highest BCUT2D eigenvalue weighted by Crippen LogP contribution is 2.06. The first kappa shape index (κ1) is 16.5. The zero-order valence-corrected chi connectivity index (χ0v) is 13.9. The molecule has 0 saturated carbocycles. The van der Waals surface area contributed by atoms with Gasteiger partial charge in [0.2, 0.25) is 0 Å². The first-order chi connectivity index (χ1) is 11.8. The Balaban J connectivity index is 1.37. The van der Waals surface area contributed by atoms with Gasteiger partial charge in [-0.05, 0) is 29.7 Å². The lowest BCUT2D eigenvalue weighted by Crippen LogP contribution is -2.51. The second kappa shape index (κ2) is 8.45. The average Bonchev–Trinajstić information content (AvgIpc) is 2.66. The summed E-state index contributed by atoms with van der Waals surface area (Å²) in [6, 6.07) is 14.4. The molecule has 1 aromatic carbocycles. The number of nitrogens with zero attached hydrogens (tertiary/aromatic N) is 3. The van der Waals surface area contributed by atoms with Crippen LogP contribution in [0.1, 0.15) is 11.1 Å². The highest BCUT2D eigenvalue weighted by molar-refractivity contribution is 5.74. The number of hydrogen-bond acceptors (Lipinski definition) is 3. The van der Waals surface area contributed by atoms with Crippen molar-refractivity contribution in [3.05, 3.63) is 66.0 Å². The molecule has 126 valence electrons. The molecule has 1 fully saturated rings. The van der Waals surface area contributed by atoms with E-state index in [-0.39, 0.29) is 6.03 Å². The van der Waals surface area contributed by atoms with Gasteiger partial charge in [-0.2, -0.15) is 0 Å². The third-order valence-electron chi connectivity index (χ3n) is 4.41. The van der Waals surface area contributed by atoms with Crippen LogP contribution in [0.15, 0.2) is 54.9 Å². The van der Waals surface area contributed by atoms with E-state index in [9.17, 15) is 4.79 Å². The third kappa shape index (κ3) is 4.80. The van der Waals surface area contributed by atoms with Gasteiger partial charge in [0.1, 0.15) is 0 Å². The molecule has 2 amide bonds. The van der Waals surface area contributed by atoms with Gasteiger partial charge in [0.05, 0.1) is 0 Å². The highest BCUT2D eigenvalue weighted by Gasteiger charge is 2.20. The maximum atomic E-state index is 12.2. The summed E-state index contributed by atoms with van der Waals surface area (Å²) in [5.74, 6) is 0. The summed E-state index contributed by atoms with van der Waals surface area (Å²) in [4.78, 5) is 20.6. The number of aromatic nitrogens is 1. The van der Waals surface area contributed by atoms with Gasteiger partial charge in [0.25, 0.3) is 0 Å². The van der Waals surface area contributed by atoms with Gasteiger partial charge in [-0.3, -0.25) is 9.88 Å². The molecule has 0 aliphatic carbocycles. The topological polar surface area (TPSA) is 48.5 Å². The van der Waals surface area contributed by atoms with Crippen LogP contribution in [0.4, 0.5) is 4.79 Å². The molecule has 24 heavy (non-hydrogen) atoms. The summed E-state index contributed by atoms with van der Waals surface area (Å²) in [7, 11) is 0. The number of urea groups is 1. The van der Waals surface area contributed by atoms with Crippen molar-refractivity contribution < 1.29 is 4.79 Å². The van der Waals surface area contributed by atoms with Crippen LogP contribution in [0.5, 0.6) is 0 Å². The monoisotopic (exact) mass is 324 g/mol. The number of rotatable bonds is 5. The number of hydrogen-bond donors (Lipinski definition) is 1. The minimum Gasteiger partial charge on any atom is -0.334 e. The van der Waals surface area contributed by atoms with Crippen LogP contribution in [0.2, 0.25) is 0 Å². The van der Waals surface area contributed by atoms with Gasteiger partial charge >= 0.3 is 6.03 Å². The molecule has 0 spiro atoms. The molecule has 0 atom stereocenters. The van der Waals surface area contributed by atoms with E-state index in [1.807, 2.05) is 23.1 Å². The number of carbonyl (C=O) groups is 1. The van der Waals surface area contributed by atoms with Crippen molar-refractivity contribution in [2.75, 3.05) is 32.7 Å². The minimum atomic E-state index is 0.0227. The van der Waals surface area contributed by atoms with Crippen LogP contribution in [-0.4, -0.2) is 53.5 Å². The Bertz CT molecular complexity index is 624. The predicted molar refractivity (Wildman–Crippen MR) is 94.6 cm³/mol. The highest BCUT2D eigenvalue weighted by atomic mass is 16.2. The molecule has 2 aromatic rings. The number of benzene rings is 1. The average molecular weight is 324 g/mol. The SMILES string of the molecule is O=C(NCc1ccncc1)N1CCN(CCc2ccccc2)CC1. The van der Waals surface area contributed by atoms with Crippen LogP contribution >= 0.6 is 0 Å². The van der Waals surface area contributed by atoms with Crippen LogP contribution < -0.4 is 5.32 Å². The van der Waals surface area contributed by atoms with E-state index in [1.165, 1.54) is 5.56 Å². The van der Waals surface area contributed by atoms with Crippen molar-refractivity contribution in [1.82, 2.24) is 20.1 Å². The van der Waals surface area contributed by atoms with Crippen molar-refractivity contribution in [2.24, 2.45) is 0 Å². The zero-order chi connectivity index (χ0) is 16.6. The van der Waals surface area contributed by atoms with E-state index < -0.39 is 0 Å². The Hall–Kier alpha value is -2.40. The van der Waals surface area contributed by atoms with Crippen molar-refractivity contribution >= 4 is 6.03 Å². The molecule has 0 bridgehead atoms. The fourth-order valence-corrected chi connectivity index (χ4v) is 2.90. The van der Waals surface area contributed by atoms with Gasteiger partial charge < -0.3 is 10.2 Å². The molecule has 1 saturated heterocycles. The second-order valence-electron chi connectivity index (χ2n) is 6.08. The Morgan fingerprint density at radius 1 is 0.958 bits per heavy atom. The number of carbonyl (C=O) groups excluding carboxylic acids is 1. The Morgan fingerprint density at radius 2 is 1.67 bits per heavy atom. The Labute approximate surface area is 143 Å². The summed E-state index contributed by atoms with van der Waals surface area (Å²) in [5, 5.41) is 2.98. The maximum Gasteiger partial charge on any atom is 0.317 e. The fourth-order valence-electron chi connectivity index (χ4n) is 2.90. The van der Waals surface area contributed by atoms with Gasteiger partial charge in [-0.1, -0.05) is 30.3 Å². The Kier molecular flexibility index (Phi) is 5.80. The van der Waals surface area contributed by atoms with Crippen LogP contribution in [0, 0.1) is 0 Å². The normalized spacial score (nSPS) is 15.2. The summed E-state index contributed by atoms with van der Waals surface area (Å²) in [6.45, 7) is 5.06. The van der Waals surface area contributed by atoms with E-state index in [2.05, 4.69) is 39.5 Å². The van der Waals surface area contributed by atoms with Crippen molar-refractivity contribution in [3.8, 4) is 0 Å². The minimum absolute atomic E-state index is 0.0227. The summed E-state index contributed by atoms with van der Waals surface area (Å²) in [5.41, 5.74) is 2.44. The van der Waals surface area contributed by atoms with Crippen molar-refractivity contribution in [1.29, 1.82) is 0 Å². The van der Waals surface area contributed by atoms with E-state index >= 15 is 0 Å². The van der Waals surface area contributed by atoms with E-state index in [0.717, 1.165) is 44.7 Å². The van der Waals surface area contributed by atoms with Crippen molar-refractivity contribution in [3.63, 3.8) is 0 Å². The molecule has 1 aromatic heterocycles. The van der Waals surface area contributed by atoms with Crippen molar-refractivity contribution in [2.45, 2.75) is 13.0 Å². The fraction of sp³-hybridized carbons (Fsp3) is 0.368. The van der Waals surface area contributed by atoms with Gasteiger partial charge in [0.15, 0.2) is 0 Å². The third-order valence-corrected chi connectivity index (χ3v) is 4.41. The van der Waals surface area contributed by atoms with E-state index in [0.29, 0.717) is 6.54 Å². The molecule has 2 heterocycles. The molecule has 0 unspecified atom stereocenters. The molecule has 1 aliphatic rings.